The van der Waals surface area contributed by atoms with E-state index in [-0.39, 0.29) is 0 Å². The number of thiophene rings is 1. The molecule has 0 bridgehead atoms. The van der Waals surface area contributed by atoms with Crippen LogP contribution in [0.4, 0.5) is 0 Å². The van der Waals surface area contributed by atoms with E-state index < -0.39 is 0 Å². The van der Waals surface area contributed by atoms with Crippen molar-refractivity contribution >= 4 is 38.9 Å². The molecule has 1 heterocycles. The molecule has 1 unspecified atom stereocenters. The van der Waals surface area contributed by atoms with Gasteiger partial charge in [-0.1, -0.05) is 57.0 Å². The highest BCUT2D eigenvalue weighted by Crippen LogP contribution is 2.38. The van der Waals surface area contributed by atoms with Crippen LogP contribution in [0.3, 0.4) is 0 Å². The van der Waals surface area contributed by atoms with Crippen molar-refractivity contribution in [2.24, 2.45) is 5.92 Å². The molecule has 1 nitrogen and oxygen atoms in total. The van der Waals surface area contributed by atoms with E-state index in [1.165, 1.54) is 56.2 Å². The lowest BCUT2D eigenvalue weighted by Crippen LogP contribution is -2.23. The van der Waals surface area contributed by atoms with Crippen LogP contribution >= 0.6 is 38.9 Å². The average molecular weight is 379 g/mol. The summed E-state index contributed by atoms with van der Waals surface area (Å²) in [5.41, 5.74) is 0. The molecular weight excluding hydrogens is 354 g/mol. The Morgan fingerprint density at radius 1 is 1.35 bits per heavy atom. The minimum absolute atomic E-state index is 0.479. The van der Waals surface area contributed by atoms with E-state index in [0.29, 0.717) is 6.04 Å². The Labute approximate surface area is 140 Å². The Morgan fingerprint density at radius 2 is 2.05 bits per heavy atom. The fourth-order valence-corrected chi connectivity index (χ4v) is 4.91. The molecule has 114 valence electrons. The summed E-state index contributed by atoms with van der Waals surface area (Å²) >= 11 is 11.5. The summed E-state index contributed by atoms with van der Waals surface area (Å²) < 4.78 is 1.92. The molecule has 4 heteroatoms. The Balaban J connectivity index is 2.02. The van der Waals surface area contributed by atoms with Crippen LogP contribution in [0.25, 0.3) is 0 Å². The molecule has 1 fully saturated rings. The van der Waals surface area contributed by atoms with E-state index in [1.807, 2.05) is 0 Å². The second-order valence-electron chi connectivity index (χ2n) is 5.87. The zero-order chi connectivity index (χ0) is 14.4. The predicted molar refractivity (Wildman–Crippen MR) is 93.9 cm³/mol. The normalized spacial score (nSPS) is 18.9. The van der Waals surface area contributed by atoms with Crippen LogP contribution < -0.4 is 5.32 Å². The number of halogens is 2. The summed E-state index contributed by atoms with van der Waals surface area (Å²) in [5, 5.41) is 3.72. The maximum Gasteiger partial charge on any atom is 0.107 e. The zero-order valence-corrected chi connectivity index (χ0v) is 15.4. The van der Waals surface area contributed by atoms with Gasteiger partial charge < -0.3 is 5.32 Å². The third kappa shape index (κ3) is 5.01. The second kappa shape index (κ2) is 8.77. The summed E-state index contributed by atoms with van der Waals surface area (Å²) in [6, 6.07) is 2.68. The largest absolute Gasteiger partial charge is 0.309 e. The van der Waals surface area contributed by atoms with Gasteiger partial charge in [0, 0.05) is 15.4 Å². The van der Waals surface area contributed by atoms with E-state index in [2.05, 4.69) is 34.2 Å². The lowest BCUT2D eigenvalue weighted by molar-refractivity contribution is 0.359. The Bertz CT molecular complexity index is 380. The van der Waals surface area contributed by atoms with E-state index >= 15 is 0 Å². The summed E-state index contributed by atoms with van der Waals surface area (Å²) in [6.07, 6.45) is 11.0. The zero-order valence-electron chi connectivity index (χ0n) is 12.3. The molecule has 0 radical (unpaired) electrons. The van der Waals surface area contributed by atoms with Gasteiger partial charge in [-0.2, -0.15) is 0 Å². The van der Waals surface area contributed by atoms with Crippen LogP contribution in [-0.2, 0) is 0 Å². The number of nitrogens with one attached hydrogen (secondary N) is 1. The minimum atomic E-state index is 0.479. The summed E-state index contributed by atoms with van der Waals surface area (Å²) in [7, 11) is 0. The molecule has 0 aliphatic heterocycles. The molecule has 1 atom stereocenters. The topological polar surface area (TPSA) is 12.0 Å². The molecule has 0 amide bonds. The van der Waals surface area contributed by atoms with Gasteiger partial charge in [0.25, 0.3) is 0 Å². The molecule has 20 heavy (non-hydrogen) atoms. The van der Waals surface area contributed by atoms with E-state index in [9.17, 15) is 0 Å². The fourth-order valence-electron chi connectivity index (χ4n) is 3.09. The Hall–Kier alpha value is 0.430. The predicted octanol–water partition coefficient (Wildman–Crippen LogP) is 6.57. The van der Waals surface area contributed by atoms with Gasteiger partial charge in [0.1, 0.15) is 4.34 Å². The first-order chi connectivity index (χ1) is 9.70. The van der Waals surface area contributed by atoms with Crippen molar-refractivity contribution in [2.45, 2.75) is 64.3 Å². The molecule has 1 N–H and O–H groups in total. The molecule has 0 saturated heterocycles. The van der Waals surface area contributed by atoms with Crippen molar-refractivity contribution in [1.82, 2.24) is 5.32 Å². The third-order valence-electron chi connectivity index (χ3n) is 4.19. The van der Waals surface area contributed by atoms with Crippen LogP contribution in [0, 0.1) is 5.92 Å². The average Bonchev–Trinajstić information content (AvgIpc) is 2.66. The Morgan fingerprint density at radius 3 is 2.60 bits per heavy atom. The van der Waals surface area contributed by atoms with Crippen LogP contribution in [0.2, 0.25) is 4.34 Å². The van der Waals surface area contributed by atoms with E-state index in [0.717, 1.165) is 21.3 Å². The minimum Gasteiger partial charge on any atom is -0.309 e. The monoisotopic (exact) mass is 377 g/mol. The first kappa shape index (κ1) is 16.8. The maximum absolute atomic E-state index is 6.22. The lowest BCUT2D eigenvalue weighted by atomic mass is 9.92. The van der Waals surface area contributed by atoms with Crippen LogP contribution in [0.15, 0.2) is 10.5 Å². The highest BCUT2D eigenvalue weighted by Gasteiger charge is 2.21. The molecule has 2 rings (SSSR count). The number of rotatable bonds is 6. The molecule has 0 spiro atoms. The lowest BCUT2D eigenvalue weighted by Gasteiger charge is -2.23. The maximum atomic E-state index is 6.22. The van der Waals surface area contributed by atoms with Gasteiger partial charge in [0.05, 0.1) is 0 Å². The number of hydrogen-bond donors (Lipinski definition) is 1. The van der Waals surface area contributed by atoms with Crippen LogP contribution in [-0.4, -0.2) is 6.54 Å². The van der Waals surface area contributed by atoms with Gasteiger partial charge in [-0.15, -0.1) is 11.3 Å². The summed E-state index contributed by atoms with van der Waals surface area (Å²) in [5.74, 6) is 0.881. The molecule has 1 aliphatic carbocycles. The van der Waals surface area contributed by atoms with Gasteiger partial charge in [-0.05, 0) is 47.3 Å². The first-order valence-corrected chi connectivity index (χ1v) is 9.87. The van der Waals surface area contributed by atoms with E-state index in [1.54, 1.807) is 11.3 Å². The van der Waals surface area contributed by atoms with Gasteiger partial charge in [0.15, 0.2) is 0 Å². The van der Waals surface area contributed by atoms with Crippen LogP contribution in [0.1, 0.15) is 69.2 Å². The second-order valence-corrected chi connectivity index (χ2v) is 8.41. The molecular formula is C16H25BrClNS. The SMILES string of the molecule is CCCNC(CC1CCCCCC1)c1cc(Br)c(Cl)s1. The smallest absolute Gasteiger partial charge is 0.107 e. The highest BCUT2D eigenvalue weighted by molar-refractivity contribution is 9.10. The quantitative estimate of drug-likeness (QED) is 0.552. The molecule has 1 aromatic rings. The molecule has 1 aliphatic rings. The van der Waals surface area contributed by atoms with Crippen molar-refractivity contribution in [3.05, 3.63) is 19.8 Å². The molecule has 1 saturated carbocycles. The van der Waals surface area contributed by atoms with Crippen molar-refractivity contribution in [3.63, 3.8) is 0 Å². The van der Waals surface area contributed by atoms with E-state index in [4.69, 9.17) is 11.6 Å². The molecule has 1 aromatic heterocycles. The Kier molecular flexibility index (Phi) is 7.37. The summed E-state index contributed by atoms with van der Waals surface area (Å²) in [6.45, 7) is 3.32. The van der Waals surface area contributed by atoms with Crippen LogP contribution in [0.5, 0.6) is 0 Å². The van der Waals surface area contributed by atoms with Crippen molar-refractivity contribution in [3.8, 4) is 0 Å². The standard InChI is InChI=1S/C16H25BrClNS/c1-2-9-19-14(15-11-13(17)16(18)20-15)10-12-7-5-3-4-6-8-12/h11-12,14,19H,2-10H2,1H3. The van der Waals surface area contributed by atoms with Crippen molar-refractivity contribution < 1.29 is 0 Å². The fraction of sp³-hybridized carbons (Fsp3) is 0.750. The molecule has 0 aromatic carbocycles. The van der Waals surface area contributed by atoms with Crippen molar-refractivity contribution in [1.29, 1.82) is 0 Å². The highest BCUT2D eigenvalue weighted by atomic mass is 79.9. The van der Waals surface area contributed by atoms with Gasteiger partial charge in [-0.25, -0.2) is 0 Å². The number of hydrogen-bond acceptors (Lipinski definition) is 2. The van der Waals surface area contributed by atoms with Gasteiger partial charge in [0.2, 0.25) is 0 Å². The first-order valence-electron chi connectivity index (χ1n) is 7.88. The van der Waals surface area contributed by atoms with Gasteiger partial charge >= 0.3 is 0 Å². The van der Waals surface area contributed by atoms with Gasteiger partial charge in [-0.3, -0.25) is 0 Å². The van der Waals surface area contributed by atoms with Crippen molar-refractivity contribution in [2.75, 3.05) is 6.54 Å². The third-order valence-corrected chi connectivity index (χ3v) is 6.78. The summed E-state index contributed by atoms with van der Waals surface area (Å²) in [4.78, 5) is 1.39.